The van der Waals surface area contributed by atoms with Gasteiger partial charge in [0, 0.05) is 37.5 Å². The fraction of sp³-hybridized carbons (Fsp3) is 0.548. The van der Waals surface area contributed by atoms with E-state index in [1.165, 1.54) is 12.4 Å². The second-order valence-corrected chi connectivity index (χ2v) is 14.4. The highest BCUT2D eigenvalue weighted by Crippen LogP contribution is 2.38. The number of hydrogen-bond donors (Lipinski definition) is 3. The van der Waals surface area contributed by atoms with Crippen LogP contribution in [0.3, 0.4) is 0 Å². The van der Waals surface area contributed by atoms with Gasteiger partial charge in [0.1, 0.15) is 11.6 Å². The van der Waals surface area contributed by atoms with E-state index in [2.05, 4.69) is 42.5 Å². The van der Waals surface area contributed by atoms with E-state index in [-0.39, 0.29) is 23.9 Å². The molecule has 4 fully saturated rings. The Morgan fingerprint density at radius 3 is 2.60 bits per heavy atom. The second kappa shape index (κ2) is 11.9. The molecule has 0 amide bonds. The average Bonchev–Trinajstić information content (AvgIpc) is 3.42. The predicted octanol–water partition coefficient (Wildman–Crippen LogP) is 3.95. The summed E-state index contributed by atoms with van der Waals surface area (Å²) in [6.07, 6.45) is 15.8. The number of ether oxygens (including phenoxy) is 1. The maximum Gasteiger partial charge on any atom is 0.256 e. The molecular formula is C31H37N7O4S. The lowest BCUT2D eigenvalue weighted by Crippen LogP contribution is -2.23. The van der Waals surface area contributed by atoms with Crippen LogP contribution in [0.4, 0.5) is 17.3 Å². The summed E-state index contributed by atoms with van der Waals surface area (Å²) in [6, 6.07) is 3.70. The van der Waals surface area contributed by atoms with Gasteiger partial charge in [0.2, 0.25) is 0 Å². The van der Waals surface area contributed by atoms with Gasteiger partial charge < -0.3 is 20.5 Å². The fourth-order valence-corrected chi connectivity index (χ4v) is 7.86. The molecule has 2 saturated heterocycles. The smallest absolute Gasteiger partial charge is 0.256 e. The fourth-order valence-electron chi connectivity index (χ4n) is 6.38. The highest BCUT2D eigenvalue weighted by molar-refractivity contribution is 7.90. The van der Waals surface area contributed by atoms with E-state index in [4.69, 9.17) is 4.74 Å². The summed E-state index contributed by atoms with van der Waals surface area (Å²) < 4.78 is 32.1. The molecule has 0 radical (unpaired) electrons. The molecular weight excluding hydrogens is 566 g/mol. The summed E-state index contributed by atoms with van der Waals surface area (Å²) in [5.74, 6) is 9.60. The van der Waals surface area contributed by atoms with Crippen LogP contribution in [0.1, 0.15) is 63.4 Å². The maximum atomic E-state index is 12.6. The van der Waals surface area contributed by atoms with E-state index in [0.29, 0.717) is 53.8 Å². The number of hydrogen-bond acceptors (Lipinski definition) is 10. The lowest BCUT2D eigenvalue weighted by Gasteiger charge is -2.27. The maximum absolute atomic E-state index is 12.6. The summed E-state index contributed by atoms with van der Waals surface area (Å²) in [6.45, 7) is 1.11. The van der Waals surface area contributed by atoms with Gasteiger partial charge in [-0.15, -0.1) is 0 Å². The Balaban J connectivity index is 1.09. The number of aliphatic hydroxyl groups is 1. The average molecular weight is 604 g/mol. The molecule has 5 heterocycles. The van der Waals surface area contributed by atoms with Gasteiger partial charge in [-0.1, -0.05) is 11.8 Å². The Morgan fingerprint density at radius 2 is 1.86 bits per heavy atom. The topological polar surface area (TPSA) is 144 Å². The molecule has 7 rings (SSSR count). The van der Waals surface area contributed by atoms with Gasteiger partial charge in [-0.05, 0) is 75.7 Å². The quantitative estimate of drug-likeness (QED) is 0.308. The zero-order valence-electron chi connectivity index (χ0n) is 24.0. The third-order valence-electron chi connectivity index (χ3n) is 9.14. The minimum absolute atomic E-state index is 0.248. The van der Waals surface area contributed by atoms with E-state index in [0.717, 1.165) is 66.8 Å². The standard InChI is InChI=1S/C31H37N7O4S/c39-19-21-3-1-20(2-4-21)15-33-27-14-30(34-16-23(27)6-5-22-13-25-7-10-28(22)42-25)36-29-11-12-32-31(37-29)24-17-35-38(18-24)43(40,41)26-8-9-26/h11-12,14,16-18,20-22,25-26,28,39H,1-4,7-10,13,15,19H2,(H2,32,33,34,36,37)/t20?,21?,22?,25-,28-/m1/s1. The number of anilines is 3. The Hall–Kier alpha value is -3.53. The number of aromatic nitrogens is 5. The summed E-state index contributed by atoms with van der Waals surface area (Å²) in [5, 5.41) is 20.1. The van der Waals surface area contributed by atoms with Crippen LogP contribution in [0.5, 0.6) is 0 Å². The van der Waals surface area contributed by atoms with Gasteiger partial charge in [0.05, 0.1) is 46.7 Å². The first-order valence-electron chi connectivity index (χ1n) is 15.4. The van der Waals surface area contributed by atoms with Crippen LogP contribution in [-0.4, -0.2) is 68.3 Å². The molecule has 226 valence electrons. The van der Waals surface area contributed by atoms with Gasteiger partial charge in [-0.3, -0.25) is 0 Å². The van der Waals surface area contributed by atoms with Gasteiger partial charge in [0.15, 0.2) is 5.82 Å². The van der Waals surface area contributed by atoms with E-state index in [1.807, 2.05) is 6.07 Å². The Bertz CT molecular complexity index is 1640. The third-order valence-corrected chi connectivity index (χ3v) is 11.2. The van der Waals surface area contributed by atoms with E-state index < -0.39 is 10.0 Å². The van der Waals surface area contributed by atoms with Crippen molar-refractivity contribution in [2.45, 2.75) is 75.2 Å². The van der Waals surface area contributed by atoms with Crippen molar-refractivity contribution in [1.82, 2.24) is 24.1 Å². The van der Waals surface area contributed by atoms with Crippen molar-refractivity contribution in [2.75, 3.05) is 23.8 Å². The van der Waals surface area contributed by atoms with Crippen LogP contribution in [0.15, 0.2) is 36.9 Å². The molecule has 1 unspecified atom stereocenters. The first-order valence-corrected chi connectivity index (χ1v) is 16.9. The van der Waals surface area contributed by atoms with E-state index in [9.17, 15) is 13.5 Å². The highest BCUT2D eigenvalue weighted by atomic mass is 32.2. The molecule has 2 saturated carbocycles. The molecule has 11 nitrogen and oxygen atoms in total. The number of rotatable bonds is 9. The lowest BCUT2D eigenvalue weighted by molar-refractivity contribution is 0.0987. The van der Waals surface area contributed by atoms with Crippen LogP contribution >= 0.6 is 0 Å². The van der Waals surface area contributed by atoms with Crippen molar-refractivity contribution < 1.29 is 18.3 Å². The second-order valence-electron chi connectivity index (χ2n) is 12.3. The number of nitrogens with zero attached hydrogens (tertiary/aromatic N) is 5. The summed E-state index contributed by atoms with van der Waals surface area (Å²) in [5.41, 5.74) is 2.29. The molecule has 3 atom stereocenters. The molecule has 0 aromatic carbocycles. The van der Waals surface area contributed by atoms with Gasteiger partial charge >= 0.3 is 0 Å². The van der Waals surface area contributed by atoms with E-state index >= 15 is 0 Å². The third kappa shape index (κ3) is 6.25. The van der Waals surface area contributed by atoms with Crippen molar-refractivity contribution in [3.8, 4) is 23.2 Å². The zero-order valence-corrected chi connectivity index (χ0v) is 24.8. The first-order chi connectivity index (χ1) is 20.9. The summed E-state index contributed by atoms with van der Waals surface area (Å²) in [7, 11) is -3.46. The zero-order chi connectivity index (χ0) is 29.4. The Morgan fingerprint density at radius 1 is 1.02 bits per heavy atom. The van der Waals surface area contributed by atoms with Crippen LogP contribution in [0.2, 0.25) is 0 Å². The predicted molar refractivity (Wildman–Crippen MR) is 162 cm³/mol. The molecule has 2 aliphatic heterocycles. The molecule has 43 heavy (non-hydrogen) atoms. The summed E-state index contributed by atoms with van der Waals surface area (Å²) in [4.78, 5) is 13.6. The molecule has 3 aromatic heterocycles. The van der Waals surface area contributed by atoms with Crippen LogP contribution < -0.4 is 10.6 Å². The van der Waals surface area contributed by atoms with Crippen molar-refractivity contribution in [1.29, 1.82) is 0 Å². The monoisotopic (exact) mass is 603 g/mol. The van der Waals surface area contributed by atoms with E-state index in [1.54, 1.807) is 18.5 Å². The normalized spacial score (nSPS) is 26.6. The molecule has 4 aliphatic rings. The SMILES string of the molecule is O=S(=O)(C1CC1)n1cc(-c2nccc(Nc3cc(NCC4CCC(CO)CC4)c(C#CC4C[C@H]5CC[C@H]4O5)cn3)n2)cn1. The lowest BCUT2D eigenvalue weighted by atomic mass is 9.82. The largest absolute Gasteiger partial charge is 0.396 e. The van der Waals surface area contributed by atoms with Gasteiger partial charge in [-0.2, -0.15) is 9.19 Å². The van der Waals surface area contributed by atoms with Crippen LogP contribution in [0, 0.1) is 29.6 Å². The number of fused-ring (bicyclic) bond motifs is 2. The minimum Gasteiger partial charge on any atom is -0.396 e. The van der Waals surface area contributed by atoms with Crippen molar-refractivity contribution in [2.24, 2.45) is 17.8 Å². The van der Waals surface area contributed by atoms with Crippen molar-refractivity contribution in [3.63, 3.8) is 0 Å². The number of pyridine rings is 1. The highest BCUT2D eigenvalue weighted by Gasteiger charge is 2.40. The number of aliphatic hydroxyl groups excluding tert-OH is 1. The van der Waals surface area contributed by atoms with Crippen molar-refractivity contribution >= 4 is 27.3 Å². The molecule has 0 spiro atoms. The molecule has 2 aliphatic carbocycles. The molecule has 3 N–H and O–H groups in total. The summed E-state index contributed by atoms with van der Waals surface area (Å²) >= 11 is 0. The van der Waals surface area contributed by atoms with Gasteiger partial charge in [0.25, 0.3) is 10.0 Å². The molecule has 3 aromatic rings. The van der Waals surface area contributed by atoms with Crippen LogP contribution in [-0.2, 0) is 14.8 Å². The molecule has 2 bridgehead atoms. The minimum atomic E-state index is -3.46. The van der Waals surface area contributed by atoms with Crippen molar-refractivity contribution in [3.05, 3.63) is 42.5 Å². The first kappa shape index (κ1) is 28.3. The Kier molecular flexibility index (Phi) is 7.80. The number of nitrogens with one attached hydrogen (secondary N) is 2. The molecule has 12 heteroatoms. The Labute approximate surface area is 251 Å². The van der Waals surface area contributed by atoms with Gasteiger partial charge in [-0.25, -0.2) is 23.4 Å². The van der Waals surface area contributed by atoms with Crippen LogP contribution in [0.25, 0.3) is 11.4 Å².